The number of benzene rings is 2. The number of hydrogen-bond donors (Lipinski definition) is 4. The second-order valence-electron chi connectivity index (χ2n) is 10.4. The van der Waals surface area contributed by atoms with E-state index in [1.54, 1.807) is 44.9 Å². The van der Waals surface area contributed by atoms with Gasteiger partial charge in [0.15, 0.2) is 5.76 Å². The highest BCUT2D eigenvalue weighted by Crippen LogP contribution is 2.31. The maximum Gasteiger partial charge on any atom is 0.323 e. The molecule has 0 radical (unpaired) electrons. The number of fused-ring (bicyclic) bond motifs is 1. The number of carbonyl (C=O) groups excluding carboxylic acids is 3. The molecule has 224 valence electrons. The number of amides is 5. The van der Waals surface area contributed by atoms with Crippen LogP contribution in [-0.4, -0.2) is 76.9 Å². The van der Waals surface area contributed by atoms with Gasteiger partial charge >= 0.3 is 12.1 Å². The lowest BCUT2D eigenvalue weighted by Crippen LogP contribution is -2.50. The number of likely N-dealkylation sites (N-methyl/N-ethyl adjacent to an activating group) is 1. The molecule has 0 unspecified atom stereocenters. The molecule has 0 aliphatic carbocycles. The number of hydrogen-bond acceptors (Lipinski definition) is 7. The van der Waals surface area contributed by atoms with Gasteiger partial charge in [-0.15, -0.1) is 0 Å². The summed E-state index contributed by atoms with van der Waals surface area (Å²) in [5, 5.41) is 21.8. The predicted octanol–water partition coefficient (Wildman–Crippen LogP) is 4.46. The van der Waals surface area contributed by atoms with Gasteiger partial charge in [0.05, 0.1) is 24.8 Å². The van der Waals surface area contributed by atoms with Crippen molar-refractivity contribution in [3.63, 3.8) is 0 Å². The average molecular weight is 583 g/mol. The first-order valence-electron chi connectivity index (χ1n) is 13.5. The van der Waals surface area contributed by atoms with Crippen molar-refractivity contribution in [2.45, 2.75) is 39.8 Å². The van der Waals surface area contributed by atoms with Gasteiger partial charge in [-0.3, -0.25) is 4.79 Å². The monoisotopic (exact) mass is 582 g/mol. The smallest absolute Gasteiger partial charge is 0.323 e. The predicted molar refractivity (Wildman–Crippen MR) is 154 cm³/mol. The Hall–Kier alpha value is -4.65. The molecule has 42 heavy (non-hydrogen) atoms. The normalized spacial score (nSPS) is 17.3. The third-order valence-electron chi connectivity index (χ3n) is 7.09. The van der Waals surface area contributed by atoms with E-state index >= 15 is 0 Å². The SMILES string of the molecule is Cc1noc(C)c1NC(=O)Nc1ccc2c(c1)C(=O)N([C@@H](C)CO)C[C@@H](C)[C@H](CN(C)C(=O)Nc1ccc(F)cc1)O2. The topological polar surface area (TPSA) is 149 Å². The van der Waals surface area contributed by atoms with Gasteiger partial charge in [0.1, 0.15) is 29.1 Å². The molecule has 0 spiro atoms. The zero-order valence-electron chi connectivity index (χ0n) is 24.1. The Morgan fingerprint density at radius 2 is 1.83 bits per heavy atom. The van der Waals surface area contributed by atoms with Crippen LogP contribution in [-0.2, 0) is 0 Å². The Morgan fingerprint density at radius 1 is 1.14 bits per heavy atom. The second kappa shape index (κ2) is 12.9. The van der Waals surface area contributed by atoms with Crippen LogP contribution in [0.3, 0.4) is 0 Å². The van der Waals surface area contributed by atoms with Crippen LogP contribution in [0.2, 0.25) is 0 Å². The standard InChI is InChI=1S/C29H35FN6O6/c1-16-13-36(17(2)15-37)27(38)23-12-22(31-28(39)33-26-18(3)34-42-19(26)4)10-11-24(23)41-25(16)14-35(5)29(40)32-21-8-6-20(30)7-9-21/h6-12,16-17,25,37H,13-15H2,1-5H3,(H,32,40)(H2,31,33,39)/t16-,17+,25+/m1/s1. The largest absolute Gasteiger partial charge is 0.487 e. The van der Waals surface area contributed by atoms with Gasteiger partial charge in [0.2, 0.25) is 0 Å². The summed E-state index contributed by atoms with van der Waals surface area (Å²) >= 11 is 0. The number of carbonyl (C=O) groups is 3. The number of aliphatic hydroxyl groups is 1. The van der Waals surface area contributed by atoms with Crippen LogP contribution in [0.1, 0.15) is 35.7 Å². The molecule has 4 rings (SSSR count). The molecule has 0 saturated heterocycles. The first kappa shape index (κ1) is 30.3. The summed E-state index contributed by atoms with van der Waals surface area (Å²) in [6.45, 7) is 7.19. The van der Waals surface area contributed by atoms with Crippen LogP contribution >= 0.6 is 0 Å². The number of ether oxygens (including phenoxy) is 1. The summed E-state index contributed by atoms with van der Waals surface area (Å²) in [6, 6.07) is 8.68. The fourth-order valence-electron chi connectivity index (χ4n) is 4.56. The molecule has 2 heterocycles. The number of nitrogens with one attached hydrogen (secondary N) is 3. The Labute approximate surface area is 242 Å². The van der Waals surface area contributed by atoms with Crippen LogP contribution in [0.25, 0.3) is 0 Å². The van der Waals surface area contributed by atoms with Crippen molar-refractivity contribution in [3.8, 4) is 5.75 Å². The molecule has 1 aliphatic rings. The number of urea groups is 2. The molecular formula is C29H35FN6O6. The highest BCUT2D eigenvalue weighted by Gasteiger charge is 2.34. The van der Waals surface area contributed by atoms with Gasteiger partial charge in [-0.25, -0.2) is 14.0 Å². The second-order valence-corrected chi connectivity index (χ2v) is 10.4. The summed E-state index contributed by atoms with van der Waals surface area (Å²) in [4.78, 5) is 42.2. The summed E-state index contributed by atoms with van der Waals surface area (Å²) in [5.41, 5.74) is 1.95. The molecule has 2 aromatic carbocycles. The quantitative estimate of drug-likeness (QED) is 0.321. The average Bonchev–Trinajstić information content (AvgIpc) is 3.27. The van der Waals surface area contributed by atoms with Crippen molar-refractivity contribution < 1.29 is 33.1 Å². The van der Waals surface area contributed by atoms with Crippen molar-refractivity contribution in [2.75, 3.05) is 42.7 Å². The molecule has 0 fully saturated rings. The zero-order chi connectivity index (χ0) is 30.6. The minimum atomic E-state index is -0.551. The molecule has 3 atom stereocenters. The van der Waals surface area contributed by atoms with Crippen LogP contribution in [0.4, 0.5) is 31.0 Å². The lowest BCUT2D eigenvalue weighted by atomic mass is 9.99. The van der Waals surface area contributed by atoms with Gasteiger partial charge in [0.25, 0.3) is 5.91 Å². The maximum atomic E-state index is 13.7. The van der Waals surface area contributed by atoms with Gasteiger partial charge in [-0.2, -0.15) is 0 Å². The van der Waals surface area contributed by atoms with Gasteiger partial charge in [-0.1, -0.05) is 12.1 Å². The number of aromatic nitrogens is 1. The van der Waals surface area contributed by atoms with Gasteiger partial charge in [0, 0.05) is 30.9 Å². The Balaban J connectivity index is 1.55. The molecule has 3 aromatic rings. The van der Waals surface area contributed by atoms with Crippen LogP contribution in [0.5, 0.6) is 5.75 Å². The third kappa shape index (κ3) is 6.97. The van der Waals surface area contributed by atoms with E-state index in [4.69, 9.17) is 9.26 Å². The van der Waals surface area contributed by atoms with E-state index in [9.17, 15) is 23.9 Å². The molecule has 4 N–H and O–H groups in total. The number of nitrogens with zero attached hydrogens (tertiary/aromatic N) is 3. The van der Waals surface area contributed by atoms with E-state index in [1.165, 1.54) is 35.2 Å². The fourth-order valence-corrected chi connectivity index (χ4v) is 4.56. The van der Waals surface area contributed by atoms with Crippen LogP contribution in [0.15, 0.2) is 47.0 Å². The fraction of sp³-hybridized carbons (Fsp3) is 0.379. The molecule has 13 heteroatoms. The zero-order valence-corrected chi connectivity index (χ0v) is 24.1. The van der Waals surface area contributed by atoms with E-state index < -0.39 is 30.0 Å². The first-order valence-corrected chi connectivity index (χ1v) is 13.5. The summed E-state index contributed by atoms with van der Waals surface area (Å²) in [6.07, 6.45) is -0.532. The Kier molecular flexibility index (Phi) is 9.31. The lowest BCUT2D eigenvalue weighted by molar-refractivity contribution is 0.0371. The van der Waals surface area contributed by atoms with Gasteiger partial charge < -0.3 is 40.1 Å². The summed E-state index contributed by atoms with van der Waals surface area (Å²) in [5.74, 6) is -0.275. The van der Waals surface area contributed by atoms with E-state index in [2.05, 4.69) is 21.1 Å². The number of aryl methyl sites for hydroxylation is 2. The molecule has 0 bridgehead atoms. The molecule has 12 nitrogen and oxygen atoms in total. The maximum absolute atomic E-state index is 13.7. The number of anilines is 3. The van der Waals surface area contributed by atoms with Crippen molar-refractivity contribution in [1.82, 2.24) is 15.0 Å². The first-order chi connectivity index (χ1) is 20.0. The van der Waals surface area contributed by atoms with E-state index in [1.807, 2.05) is 6.92 Å². The molecule has 0 saturated carbocycles. The minimum absolute atomic E-state index is 0.170. The highest BCUT2D eigenvalue weighted by atomic mass is 19.1. The van der Waals surface area contributed by atoms with E-state index in [-0.39, 0.29) is 42.8 Å². The third-order valence-corrected chi connectivity index (χ3v) is 7.09. The number of halogens is 1. The summed E-state index contributed by atoms with van der Waals surface area (Å²) < 4.78 is 24.6. The van der Waals surface area contributed by atoms with Crippen LogP contribution in [0, 0.1) is 25.6 Å². The highest BCUT2D eigenvalue weighted by molar-refractivity contribution is 6.03. The van der Waals surface area contributed by atoms with Gasteiger partial charge in [-0.05, 0) is 63.2 Å². The van der Waals surface area contributed by atoms with Crippen molar-refractivity contribution >= 4 is 35.0 Å². The van der Waals surface area contributed by atoms with Crippen molar-refractivity contribution in [3.05, 3.63) is 65.3 Å². The molecule has 1 aliphatic heterocycles. The van der Waals surface area contributed by atoms with Crippen LogP contribution < -0.4 is 20.7 Å². The summed E-state index contributed by atoms with van der Waals surface area (Å²) in [7, 11) is 1.61. The molecular weight excluding hydrogens is 547 g/mol. The lowest BCUT2D eigenvalue weighted by Gasteiger charge is -2.38. The van der Waals surface area contributed by atoms with E-state index in [0.717, 1.165) is 0 Å². The minimum Gasteiger partial charge on any atom is -0.487 e. The molecule has 1 aromatic heterocycles. The Morgan fingerprint density at radius 3 is 2.48 bits per heavy atom. The Bertz CT molecular complexity index is 1430. The number of aliphatic hydroxyl groups excluding tert-OH is 1. The molecule has 5 amide bonds. The number of rotatable bonds is 7. The van der Waals surface area contributed by atoms with Crippen molar-refractivity contribution in [2.24, 2.45) is 5.92 Å². The van der Waals surface area contributed by atoms with E-state index in [0.29, 0.717) is 28.5 Å². The van der Waals surface area contributed by atoms with Crippen molar-refractivity contribution in [1.29, 1.82) is 0 Å².